The van der Waals surface area contributed by atoms with Gasteiger partial charge in [-0.1, -0.05) is 30.3 Å². The Kier molecular flexibility index (Phi) is 3.69. The topological polar surface area (TPSA) is 9.23 Å². The molecular formula is C14H13FOS. The molecule has 2 aromatic carbocycles. The van der Waals surface area contributed by atoms with Crippen LogP contribution in [0.4, 0.5) is 4.39 Å². The smallest absolute Gasteiger partial charge is 0.144 e. The molecule has 88 valence electrons. The summed E-state index contributed by atoms with van der Waals surface area (Å²) < 4.78 is 19.4. The zero-order chi connectivity index (χ0) is 12.3. The molecule has 0 unspecified atom stereocenters. The molecule has 0 atom stereocenters. The van der Waals surface area contributed by atoms with Crippen LogP contribution in [0.15, 0.2) is 47.4 Å². The lowest BCUT2D eigenvalue weighted by atomic mass is 10.0. The average molecular weight is 248 g/mol. The predicted molar refractivity (Wildman–Crippen MR) is 70.2 cm³/mol. The zero-order valence-corrected chi connectivity index (χ0v) is 10.6. The van der Waals surface area contributed by atoms with E-state index in [4.69, 9.17) is 4.74 Å². The van der Waals surface area contributed by atoms with Crippen molar-refractivity contribution in [3.05, 3.63) is 48.3 Å². The highest BCUT2D eigenvalue weighted by molar-refractivity contribution is 7.98. The van der Waals surface area contributed by atoms with Gasteiger partial charge in [-0.2, -0.15) is 0 Å². The van der Waals surface area contributed by atoms with E-state index in [0.717, 1.165) is 5.56 Å². The van der Waals surface area contributed by atoms with Crippen LogP contribution >= 0.6 is 11.8 Å². The van der Waals surface area contributed by atoms with Gasteiger partial charge >= 0.3 is 0 Å². The summed E-state index contributed by atoms with van der Waals surface area (Å²) in [5.74, 6) is 0.485. The molecule has 0 aliphatic heterocycles. The maximum atomic E-state index is 14.2. The molecule has 0 aliphatic carbocycles. The molecule has 0 fully saturated rings. The fraction of sp³-hybridized carbons (Fsp3) is 0.143. The van der Waals surface area contributed by atoms with Crippen molar-refractivity contribution in [3.8, 4) is 16.9 Å². The molecule has 0 radical (unpaired) electrons. The highest BCUT2D eigenvalue weighted by Gasteiger charge is 2.12. The van der Waals surface area contributed by atoms with E-state index >= 15 is 0 Å². The summed E-state index contributed by atoms with van der Waals surface area (Å²) in [6.07, 6.45) is 1.85. The Morgan fingerprint density at radius 2 is 1.82 bits per heavy atom. The minimum absolute atomic E-state index is 0.190. The summed E-state index contributed by atoms with van der Waals surface area (Å²) in [7, 11) is 1.59. The van der Waals surface area contributed by atoms with Gasteiger partial charge in [0.15, 0.2) is 0 Å². The van der Waals surface area contributed by atoms with Crippen molar-refractivity contribution in [1.82, 2.24) is 0 Å². The first kappa shape index (κ1) is 12.0. The van der Waals surface area contributed by atoms with Crippen LogP contribution in [0, 0.1) is 5.82 Å². The molecule has 0 heterocycles. The number of hydrogen-bond donors (Lipinski definition) is 0. The first-order chi connectivity index (χ1) is 8.26. The lowest BCUT2D eigenvalue weighted by molar-refractivity contribution is 0.412. The first-order valence-corrected chi connectivity index (χ1v) is 6.45. The average Bonchev–Trinajstić information content (AvgIpc) is 2.40. The van der Waals surface area contributed by atoms with Gasteiger partial charge in [-0.25, -0.2) is 4.39 Å². The van der Waals surface area contributed by atoms with E-state index in [9.17, 15) is 4.39 Å². The second-order valence-corrected chi connectivity index (χ2v) is 4.41. The van der Waals surface area contributed by atoms with Gasteiger partial charge in [0.05, 0.1) is 7.11 Å². The third kappa shape index (κ3) is 2.44. The minimum Gasteiger partial charge on any atom is -0.497 e. The number of methoxy groups -OCH3 is 1. The third-order valence-electron chi connectivity index (χ3n) is 2.55. The van der Waals surface area contributed by atoms with Crippen LogP contribution in [-0.4, -0.2) is 13.4 Å². The number of benzene rings is 2. The molecule has 0 aromatic heterocycles. The molecule has 0 aliphatic rings. The molecule has 2 rings (SSSR count). The fourth-order valence-corrected chi connectivity index (χ4v) is 2.19. The SMILES string of the molecule is COc1cc(SC)c(F)c(-c2ccccc2)c1. The van der Waals surface area contributed by atoms with Crippen LogP contribution in [-0.2, 0) is 0 Å². The van der Waals surface area contributed by atoms with Crippen molar-refractivity contribution in [1.29, 1.82) is 0 Å². The molecule has 3 heteroatoms. The number of rotatable bonds is 3. The minimum atomic E-state index is -0.190. The van der Waals surface area contributed by atoms with Gasteiger partial charge < -0.3 is 4.74 Å². The van der Waals surface area contributed by atoms with Gasteiger partial charge in [0.25, 0.3) is 0 Å². The third-order valence-corrected chi connectivity index (χ3v) is 3.29. The van der Waals surface area contributed by atoms with E-state index in [0.29, 0.717) is 16.2 Å². The molecule has 0 spiro atoms. The molecule has 2 aromatic rings. The predicted octanol–water partition coefficient (Wildman–Crippen LogP) is 4.22. The first-order valence-electron chi connectivity index (χ1n) is 5.23. The van der Waals surface area contributed by atoms with Crippen LogP contribution in [0.25, 0.3) is 11.1 Å². The zero-order valence-electron chi connectivity index (χ0n) is 9.74. The van der Waals surface area contributed by atoms with Gasteiger partial charge in [0.1, 0.15) is 11.6 Å². The van der Waals surface area contributed by atoms with Crippen LogP contribution in [0.1, 0.15) is 0 Å². The highest BCUT2D eigenvalue weighted by atomic mass is 32.2. The Bertz CT molecular complexity index is 511. The second-order valence-electron chi connectivity index (χ2n) is 3.56. The Labute approximate surface area is 105 Å². The summed E-state index contributed by atoms with van der Waals surface area (Å²) in [5.41, 5.74) is 1.44. The summed E-state index contributed by atoms with van der Waals surface area (Å²) in [6.45, 7) is 0. The van der Waals surface area contributed by atoms with E-state index in [2.05, 4.69) is 0 Å². The van der Waals surface area contributed by atoms with Crippen molar-refractivity contribution in [3.63, 3.8) is 0 Å². The van der Waals surface area contributed by atoms with Crippen LogP contribution < -0.4 is 4.74 Å². The monoisotopic (exact) mass is 248 g/mol. The van der Waals surface area contributed by atoms with Crippen LogP contribution in [0.2, 0.25) is 0 Å². The largest absolute Gasteiger partial charge is 0.497 e. The molecule has 0 amide bonds. The normalized spacial score (nSPS) is 10.3. The maximum absolute atomic E-state index is 14.2. The number of hydrogen-bond acceptors (Lipinski definition) is 2. The van der Waals surface area contributed by atoms with Crippen molar-refractivity contribution in [2.45, 2.75) is 4.90 Å². The highest BCUT2D eigenvalue weighted by Crippen LogP contribution is 2.33. The van der Waals surface area contributed by atoms with E-state index < -0.39 is 0 Å². The Morgan fingerprint density at radius 1 is 1.12 bits per heavy atom. The summed E-state index contributed by atoms with van der Waals surface area (Å²) in [5, 5.41) is 0. The van der Waals surface area contributed by atoms with Crippen molar-refractivity contribution >= 4 is 11.8 Å². The molecule has 0 saturated carbocycles. The van der Waals surface area contributed by atoms with Crippen molar-refractivity contribution in [2.24, 2.45) is 0 Å². The fourth-order valence-electron chi connectivity index (χ4n) is 1.67. The van der Waals surface area contributed by atoms with E-state index in [1.165, 1.54) is 11.8 Å². The number of thioether (sulfide) groups is 1. The van der Waals surface area contributed by atoms with Gasteiger partial charge in [0.2, 0.25) is 0 Å². The lowest BCUT2D eigenvalue weighted by Gasteiger charge is -2.10. The summed E-state index contributed by atoms with van der Waals surface area (Å²) in [6, 6.07) is 12.9. The summed E-state index contributed by atoms with van der Waals surface area (Å²) >= 11 is 1.38. The van der Waals surface area contributed by atoms with E-state index in [-0.39, 0.29) is 5.82 Å². The van der Waals surface area contributed by atoms with Crippen LogP contribution in [0.3, 0.4) is 0 Å². The lowest BCUT2D eigenvalue weighted by Crippen LogP contribution is -1.91. The summed E-state index contributed by atoms with van der Waals surface area (Å²) in [4.78, 5) is 0.600. The molecule has 0 N–H and O–H groups in total. The Morgan fingerprint density at radius 3 is 2.41 bits per heavy atom. The van der Waals surface area contributed by atoms with E-state index in [1.54, 1.807) is 19.2 Å². The molecule has 0 saturated heterocycles. The molecule has 17 heavy (non-hydrogen) atoms. The number of ether oxygens (including phenoxy) is 1. The van der Waals surface area contributed by atoms with Gasteiger partial charge in [-0.15, -0.1) is 11.8 Å². The van der Waals surface area contributed by atoms with Gasteiger partial charge in [-0.3, -0.25) is 0 Å². The van der Waals surface area contributed by atoms with Gasteiger partial charge in [-0.05, 0) is 24.0 Å². The maximum Gasteiger partial charge on any atom is 0.144 e. The molecular weight excluding hydrogens is 235 g/mol. The quantitative estimate of drug-likeness (QED) is 0.752. The Hall–Kier alpha value is -1.48. The van der Waals surface area contributed by atoms with Crippen molar-refractivity contribution in [2.75, 3.05) is 13.4 Å². The van der Waals surface area contributed by atoms with Crippen LogP contribution in [0.5, 0.6) is 5.75 Å². The van der Waals surface area contributed by atoms with Gasteiger partial charge in [0, 0.05) is 10.5 Å². The Balaban J connectivity index is 2.60. The molecule has 1 nitrogen and oxygen atoms in total. The second kappa shape index (κ2) is 5.23. The standard InChI is InChI=1S/C14H13FOS/c1-16-11-8-12(10-6-4-3-5-7-10)14(15)13(9-11)17-2/h3-9H,1-2H3. The van der Waals surface area contributed by atoms with E-state index in [1.807, 2.05) is 36.6 Å². The van der Waals surface area contributed by atoms with Crippen molar-refractivity contribution < 1.29 is 9.13 Å². The molecule has 0 bridgehead atoms. The number of halogens is 1.